The van der Waals surface area contributed by atoms with Crippen molar-refractivity contribution in [1.29, 1.82) is 0 Å². The molecule has 1 aromatic carbocycles. The number of carbonyl (C=O) groups is 2. The molecule has 10 nitrogen and oxygen atoms in total. The molecule has 0 atom stereocenters. The Morgan fingerprint density at radius 3 is 2.54 bits per heavy atom. The lowest BCUT2D eigenvalue weighted by Gasteiger charge is -2.38. The third kappa shape index (κ3) is 6.35. The Morgan fingerprint density at radius 2 is 1.91 bits per heavy atom. The molecule has 2 aromatic rings. The summed E-state index contributed by atoms with van der Waals surface area (Å²) in [5, 5.41) is 13.4. The number of carbonyl (C=O) groups excluding carboxylic acids is 1. The SMILES string of the molecule is CN1CCc2ccc(OCC3(C(=O)O)CCN(C(=O)c4ccc(N=[N+]=[N-])nc4)CC3)cc2C1.Cl.Cl. The molecule has 1 saturated heterocycles. The number of carboxylic acid groups (broad SMARTS) is 1. The topological polar surface area (TPSA) is 132 Å². The molecule has 1 N–H and O–H groups in total. The van der Waals surface area contributed by atoms with Crippen molar-refractivity contribution in [3.8, 4) is 5.75 Å². The molecule has 188 valence electrons. The molecule has 12 heteroatoms. The van der Waals surface area contributed by atoms with Crippen molar-refractivity contribution in [2.45, 2.75) is 25.8 Å². The van der Waals surface area contributed by atoms with Gasteiger partial charge in [-0.25, -0.2) is 0 Å². The van der Waals surface area contributed by atoms with Crippen LogP contribution < -0.4 is 4.74 Å². The van der Waals surface area contributed by atoms with E-state index < -0.39 is 11.4 Å². The first-order valence-corrected chi connectivity index (χ1v) is 10.9. The second kappa shape index (κ2) is 12.1. The first kappa shape index (κ1) is 28.2. The van der Waals surface area contributed by atoms with Gasteiger partial charge in [0, 0.05) is 37.3 Å². The lowest BCUT2D eigenvalue weighted by Crippen LogP contribution is -2.49. The largest absolute Gasteiger partial charge is 0.492 e. The number of azide groups is 1. The van der Waals surface area contributed by atoms with Crippen LogP contribution in [0.4, 0.5) is 5.82 Å². The number of hydrogen-bond acceptors (Lipinski definition) is 6. The molecule has 1 aromatic heterocycles. The molecule has 2 aliphatic heterocycles. The van der Waals surface area contributed by atoms with E-state index in [9.17, 15) is 14.7 Å². The highest BCUT2D eigenvalue weighted by atomic mass is 35.5. The monoisotopic (exact) mass is 522 g/mol. The molecule has 0 aliphatic carbocycles. The van der Waals surface area contributed by atoms with Gasteiger partial charge in [-0.2, -0.15) is 0 Å². The molecule has 1 amide bonds. The maximum absolute atomic E-state index is 12.8. The van der Waals surface area contributed by atoms with E-state index in [1.54, 1.807) is 11.0 Å². The third-order valence-corrected chi connectivity index (χ3v) is 6.50. The van der Waals surface area contributed by atoms with Gasteiger partial charge in [0.1, 0.15) is 23.6 Å². The normalized spacial score (nSPS) is 16.5. The van der Waals surface area contributed by atoms with Crippen LogP contribution in [0.15, 0.2) is 41.6 Å². The number of benzene rings is 1. The lowest BCUT2D eigenvalue weighted by molar-refractivity contribution is -0.154. The predicted octanol–water partition coefficient (Wildman–Crippen LogP) is 4.24. The van der Waals surface area contributed by atoms with Gasteiger partial charge in [-0.3, -0.25) is 14.6 Å². The fourth-order valence-corrected chi connectivity index (χ4v) is 4.34. The first-order chi connectivity index (χ1) is 15.9. The van der Waals surface area contributed by atoms with Gasteiger partial charge in [0.25, 0.3) is 5.91 Å². The third-order valence-electron chi connectivity index (χ3n) is 6.50. The first-order valence-electron chi connectivity index (χ1n) is 10.9. The number of piperidine rings is 1. The van der Waals surface area contributed by atoms with E-state index in [0.29, 0.717) is 37.2 Å². The highest BCUT2D eigenvalue weighted by Crippen LogP contribution is 2.34. The molecular weight excluding hydrogens is 495 g/mol. The summed E-state index contributed by atoms with van der Waals surface area (Å²) in [6, 6.07) is 9.00. The highest BCUT2D eigenvalue weighted by Gasteiger charge is 2.43. The Hall–Kier alpha value is -3.04. The Balaban J connectivity index is 0.00000216. The van der Waals surface area contributed by atoms with Gasteiger partial charge >= 0.3 is 5.97 Å². The quantitative estimate of drug-likeness (QED) is 0.342. The molecule has 0 radical (unpaired) electrons. The number of hydrogen-bond donors (Lipinski definition) is 1. The molecular formula is C23H28Cl2N6O4. The van der Waals surface area contributed by atoms with Crippen molar-refractivity contribution in [2.24, 2.45) is 10.5 Å². The van der Waals surface area contributed by atoms with Crippen LogP contribution in [0, 0.1) is 5.41 Å². The van der Waals surface area contributed by atoms with E-state index in [0.717, 1.165) is 19.5 Å². The minimum Gasteiger partial charge on any atom is -0.492 e. The van der Waals surface area contributed by atoms with Crippen molar-refractivity contribution in [1.82, 2.24) is 14.8 Å². The average molecular weight is 523 g/mol. The molecule has 35 heavy (non-hydrogen) atoms. The van der Waals surface area contributed by atoms with E-state index in [1.165, 1.54) is 23.4 Å². The Labute approximate surface area is 215 Å². The summed E-state index contributed by atoms with van der Waals surface area (Å²) in [7, 11) is 2.08. The summed E-state index contributed by atoms with van der Waals surface area (Å²) in [6.07, 6.45) is 2.96. The summed E-state index contributed by atoms with van der Waals surface area (Å²) >= 11 is 0. The smallest absolute Gasteiger partial charge is 0.313 e. The van der Waals surface area contributed by atoms with Gasteiger partial charge in [0.15, 0.2) is 0 Å². The Morgan fingerprint density at radius 1 is 1.17 bits per heavy atom. The van der Waals surface area contributed by atoms with Crippen LogP contribution in [-0.2, 0) is 17.8 Å². The van der Waals surface area contributed by atoms with Gasteiger partial charge in [-0.05, 0) is 72.3 Å². The molecule has 0 unspecified atom stereocenters. The van der Waals surface area contributed by atoms with Crippen LogP contribution in [0.3, 0.4) is 0 Å². The van der Waals surface area contributed by atoms with Gasteiger partial charge in [-0.15, -0.1) is 24.8 Å². The number of nitrogens with zero attached hydrogens (tertiary/aromatic N) is 6. The minimum atomic E-state index is -1.05. The minimum absolute atomic E-state index is 0. The number of pyridine rings is 1. The number of rotatable bonds is 6. The van der Waals surface area contributed by atoms with Crippen LogP contribution in [0.5, 0.6) is 5.75 Å². The van der Waals surface area contributed by atoms with Crippen LogP contribution >= 0.6 is 24.8 Å². The summed E-state index contributed by atoms with van der Waals surface area (Å²) in [5.74, 6) is -0.278. The number of likely N-dealkylation sites (N-methyl/N-ethyl adjacent to an activating group) is 1. The molecule has 0 saturated carbocycles. The number of ether oxygens (including phenoxy) is 1. The van der Waals surface area contributed by atoms with Crippen molar-refractivity contribution >= 4 is 42.5 Å². The zero-order valence-electron chi connectivity index (χ0n) is 19.3. The van der Waals surface area contributed by atoms with Crippen LogP contribution in [0.25, 0.3) is 10.4 Å². The fraction of sp³-hybridized carbons (Fsp3) is 0.435. The van der Waals surface area contributed by atoms with E-state index >= 15 is 0 Å². The van der Waals surface area contributed by atoms with E-state index in [4.69, 9.17) is 10.3 Å². The van der Waals surface area contributed by atoms with Gasteiger partial charge in [0.2, 0.25) is 0 Å². The summed E-state index contributed by atoms with van der Waals surface area (Å²) < 4.78 is 5.98. The van der Waals surface area contributed by atoms with Crippen LogP contribution in [0.2, 0.25) is 0 Å². The van der Waals surface area contributed by atoms with Crippen LogP contribution in [0.1, 0.15) is 34.3 Å². The van der Waals surface area contributed by atoms with Crippen molar-refractivity contribution in [2.75, 3.05) is 33.3 Å². The fourth-order valence-electron chi connectivity index (χ4n) is 4.34. The number of carboxylic acids is 1. The molecule has 2 aliphatic rings. The number of aliphatic carboxylic acids is 1. The Bertz CT molecular complexity index is 1100. The summed E-state index contributed by atoms with van der Waals surface area (Å²) in [6.45, 7) is 2.55. The lowest BCUT2D eigenvalue weighted by atomic mass is 9.79. The number of amides is 1. The zero-order chi connectivity index (χ0) is 23.4. The van der Waals surface area contributed by atoms with E-state index in [1.807, 2.05) is 12.1 Å². The second-order valence-electron chi connectivity index (χ2n) is 8.68. The van der Waals surface area contributed by atoms with Crippen molar-refractivity contribution in [3.63, 3.8) is 0 Å². The molecule has 0 bridgehead atoms. The number of halogens is 2. The summed E-state index contributed by atoms with van der Waals surface area (Å²) in [4.78, 5) is 35.5. The standard InChI is InChI=1S/C23H26N6O4.2ClH/c1-28-9-6-16-2-4-19(12-18(16)14-28)33-15-23(22(31)32)7-10-29(11-8-23)21(30)17-3-5-20(25-13-17)26-27-24;;/h2-5,12-13H,6-11,14-15H2,1H3,(H,31,32);2*1H. The Kier molecular flexibility index (Phi) is 9.73. The maximum Gasteiger partial charge on any atom is 0.313 e. The predicted molar refractivity (Wildman–Crippen MR) is 135 cm³/mol. The average Bonchev–Trinajstić information content (AvgIpc) is 2.83. The molecule has 0 spiro atoms. The van der Waals surface area contributed by atoms with Crippen molar-refractivity contribution in [3.05, 3.63) is 63.7 Å². The molecule has 1 fully saturated rings. The van der Waals surface area contributed by atoms with Crippen LogP contribution in [-0.4, -0.2) is 65.1 Å². The molecule has 3 heterocycles. The summed E-state index contributed by atoms with van der Waals surface area (Å²) in [5.41, 5.74) is 10.3. The number of fused-ring (bicyclic) bond motifs is 1. The maximum atomic E-state index is 12.8. The van der Waals surface area contributed by atoms with Crippen molar-refractivity contribution < 1.29 is 19.4 Å². The highest BCUT2D eigenvalue weighted by molar-refractivity contribution is 5.94. The van der Waals surface area contributed by atoms with Gasteiger partial charge in [0.05, 0.1) is 5.56 Å². The number of aromatic nitrogens is 1. The second-order valence-corrected chi connectivity index (χ2v) is 8.68. The zero-order valence-corrected chi connectivity index (χ0v) is 20.9. The van der Waals surface area contributed by atoms with Gasteiger partial charge in [-0.1, -0.05) is 6.07 Å². The van der Waals surface area contributed by atoms with E-state index in [-0.39, 0.29) is 43.1 Å². The number of likely N-dealkylation sites (tertiary alicyclic amines) is 1. The van der Waals surface area contributed by atoms with E-state index in [2.05, 4.69) is 33.0 Å². The van der Waals surface area contributed by atoms with Gasteiger partial charge < -0.3 is 19.6 Å². The molecule has 4 rings (SSSR count).